The van der Waals surface area contributed by atoms with Crippen LogP contribution >= 0.6 is 0 Å². The van der Waals surface area contributed by atoms with Crippen LogP contribution in [0.1, 0.15) is 5.56 Å². The van der Waals surface area contributed by atoms with Crippen molar-refractivity contribution in [3.63, 3.8) is 0 Å². The van der Waals surface area contributed by atoms with Crippen molar-refractivity contribution in [1.29, 1.82) is 0 Å². The van der Waals surface area contributed by atoms with Crippen LogP contribution in [0.25, 0.3) is 10.9 Å². The maximum Gasteiger partial charge on any atom is 0.280 e. The molecule has 4 heteroatoms. The molecular weight excluding hydrogens is 180 g/mol. The lowest BCUT2D eigenvalue weighted by Gasteiger charge is -2.00. The maximum absolute atomic E-state index is 10.7. The van der Waals surface area contributed by atoms with Crippen molar-refractivity contribution in [2.75, 3.05) is 0 Å². The fraction of sp³-hybridized carbons (Fsp3) is 0.100. The number of hydrogen-bond donors (Lipinski definition) is 0. The van der Waals surface area contributed by atoms with Crippen molar-refractivity contribution in [3.05, 3.63) is 46.1 Å². The third kappa shape index (κ3) is 1.21. The summed E-state index contributed by atoms with van der Waals surface area (Å²) in [5.74, 6) is 0. The van der Waals surface area contributed by atoms with Gasteiger partial charge in [0, 0.05) is 12.3 Å². The van der Waals surface area contributed by atoms with E-state index < -0.39 is 0 Å². The van der Waals surface area contributed by atoms with E-state index in [4.69, 9.17) is 0 Å². The van der Waals surface area contributed by atoms with Gasteiger partial charge in [0.05, 0.1) is 15.8 Å². The SMILES string of the molecule is Cc1cccc2c([N+](=O)[O-])ccnc12. The standard InChI is InChI=1S/C10H8N2O2/c1-7-3-2-4-8-9(12(13)14)5-6-11-10(7)8/h2-6H,1H3. The predicted octanol–water partition coefficient (Wildman–Crippen LogP) is 2.45. The molecule has 4 nitrogen and oxygen atoms in total. The zero-order valence-corrected chi connectivity index (χ0v) is 7.60. The van der Waals surface area contributed by atoms with Crippen LogP contribution in [0.5, 0.6) is 0 Å². The molecular formula is C10H8N2O2. The number of aromatic nitrogens is 1. The molecule has 0 unspecified atom stereocenters. The van der Waals surface area contributed by atoms with Crippen molar-refractivity contribution in [2.24, 2.45) is 0 Å². The molecule has 0 aliphatic rings. The van der Waals surface area contributed by atoms with Crippen LogP contribution in [-0.4, -0.2) is 9.91 Å². The van der Waals surface area contributed by atoms with Crippen molar-refractivity contribution in [3.8, 4) is 0 Å². The molecule has 0 saturated carbocycles. The Balaban J connectivity index is 2.88. The molecule has 0 bridgehead atoms. The Kier molecular flexibility index (Phi) is 1.89. The van der Waals surface area contributed by atoms with Crippen molar-refractivity contribution in [1.82, 2.24) is 4.98 Å². The van der Waals surface area contributed by atoms with E-state index in [9.17, 15) is 10.1 Å². The highest BCUT2D eigenvalue weighted by molar-refractivity contribution is 5.89. The third-order valence-corrected chi connectivity index (χ3v) is 2.15. The zero-order chi connectivity index (χ0) is 10.1. The number of benzene rings is 1. The number of hydrogen-bond acceptors (Lipinski definition) is 3. The van der Waals surface area contributed by atoms with Gasteiger partial charge in [-0.3, -0.25) is 15.1 Å². The van der Waals surface area contributed by atoms with Crippen LogP contribution in [0.4, 0.5) is 5.69 Å². The molecule has 0 N–H and O–H groups in total. The van der Waals surface area contributed by atoms with E-state index in [1.807, 2.05) is 13.0 Å². The number of para-hydroxylation sites is 1. The largest absolute Gasteiger partial charge is 0.280 e. The molecule has 2 rings (SSSR count). The average Bonchev–Trinajstić information content (AvgIpc) is 2.17. The summed E-state index contributed by atoms with van der Waals surface area (Å²) in [6, 6.07) is 6.82. The first-order valence-electron chi connectivity index (χ1n) is 4.19. The number of rotatable bonds is 1. The van der Waals surface area contributed by atoms with Gasteiger partial charge in [0.1, 0.15) is 0 Å². The Bertz CT molecular complexity index is 508. The fourth-order valence-electron chi connectivity index (χ4n) is 1.47. The summed E-state index contributed by atoms with van der Waals surface area (Å²) in [5.41, 5.74) is 1.76. The molecule has 1 aromatic carbocycles. The van der Waals surface area contributed by atoms with Gasteiger partial charge in [0.15, 0.2) is 0 Å². The summed E-state index contributed by atoms with van der Waals surface area (Å²) in [4.78, 5) is 14.4. The van der Waals surface area contributed by atoms with Crippen molar-refractivity contribution in [2.45, 2.75) is 6.92 Å². The molecule has 0 spiro atoms. The molecule has 70 valence electrons. The first-order chi connectivity index (χ1) is 6.70. The lowest BCUT2D eigenvalue weighted by atomic mass is 10.1. The second-order valence-electron chi connectivity index (χ2n) is 3.06. The van der Waals surface area contributed by atoms with Gasteiger partial charge in [-0.2, -0.15) is 0 Å². The highest BCUT2D eigenvalue weighted by Gasteiger charge is 2.11. The van der Waals surface area contributed by atoms with Gasteiger partial charge in [0.25, 0.3) is 5.69 Å². The predicted molar refractivity (Wildman–Crippen MR) is 53.1 cm³/mol. The van der Waals surface area contributed by atoms with Crippen molar-refractivity contribution < 1.29 is 4.92 Å². The van der Waals surface area contributed by atoms with E-state index in [-0.39, 0.29) is 10.6 Å². The van der Waals surface area contributed by atoms with Gasteiger partial charge >= 0.3 is 0 Å². The monoisotopic (exact) mass is 188 g/mol. The zero-order valence-electron chi connectivity index (χ0n) is 7.60. The van der Waals surface area contributed by atoms with Gasteiger partial charge < -0.3 is 0 Å². The number of pyridine rings is 1. The van der Waals surface area contributed by atoms with Crippen LogP contribution in [-0.2, 0) is 0 Å². The van der Waals surface area contributed by atoms with Crippen molar-refractivity contribution >= 4 is 16.6 Å². The van der Waals surface area contributed by atoms with E-state index in [0.717, 1.165) is 5.56 Å². The number of aryl methyl sites for hydroxylation is 1. The minimum Gasteiger partial charge on any atom is -0.258 e. The first kappa shape index (κ1) is 8.62. The fourth-order valence-corrected chi connectivity index (χ4v) is 1.47. The third-order valence-electron chi connectivity index (χ3n) is 2.15. The van der Waals surface area contributed by atoms with Gasteiger partial charge in [0.2, 0.25) is 0 Å². The second-order valence-corrected chi connectivity index (χ2v) is 3.06. The minimum atomic E-state index is -0.385. The molecule has 1 heterocycles. The molecule has 0 radical (unpaired) electrons. The van der Waals surface area contributed by atoms with E-state index in [1.165, 1.54) is 12.3 Å². The van der Waals surface area contributed by atoms with Crippen LogP contribution < -0.4 is 0 Å². The molecule has 14 heavy (non-hydrogen) atoms. The van der Waals surface area contributed by atoms with E-state index in [2.05, 4.69) is 4.98 Å². The summed E-state index contributed by atoms with van der Waals surface area (Å²) < 4.78 is 0. The molecule has 0 aliphatic heterocycles. The molecule has 0 aliphatic carbocycles. The van der Waals surface area contributed by atoms with Gasteiger partial charge in [-0.15, -0.1) is 0 Å². The summed E-state index contributed by atoms with van der Waals surface area (Å²) in [6.07, 6.45) is 1.47. The van der Waals surface area contributed by atoms with E-state index in [1.54, 1.807) is 12.1 Å². The Morgan fingerprint density at radius 2 is 2.14 bits per heavy atom. The normalized spacial score (nSPS) is 10.4. The Morgan fingerprint density at radius 1 is 1.36 bits per heavy atom. The Hall–Kier alpha value is -1.97. The lowest BCUT2D eigenvalue weighted by molar-refractivity contribution is -0.383. The van der Waals surface area contributed by atoms with Gasteiger partial charge in [-0.25, -0.2) is 0 Å². The summed E-state index contributed by atoms with van der Waals surface area (Å²) in [6.45, 7) is 1.89. The second kappa shape index (κ2) is 3.06. The molecule has 1 aromatic heterocycles. The van der Waals surface area contributed by atoms with E-state index >= 15 is 0 Å². The Labute approximate surface area is 80.4 Å². The molecule has 0 atom stereocenters. The molecule has 2 aromatic rings. The number of nitro groups is 1. The van der Waals surface area contributed by atoms with E-state index in [0.29, 0.717) is 10.9 Å². The smallest absolute Gasteiger partial charge is 0.258 e. The Morgan fingerprint density at radius 3 is 2.86 bits per heavy atom. The molecule has 0 amide bonds. The summed E-state index contributed by atoms with van der Waals surface area (Å²) in [7, 11) is 0. The highest BCUT2D eigenvalue weighted by Crippen LogP contribution is 2.24. The van der Waals surface area contributed by atoms with Gasteiger partial charge in [-0.1, -0.05) is 12.1 Å². The maximum atomic E-state index is 10.7. The molecule has 0 fully saturated rings. The summed E-state index contributed by atoms with van der Waals surface area (Å²) >= 11 is 0. The van der Waals surface area contributed by atoms with Crippen LogP contribution in [0, 0.1) is 17.0 Å². The quantitative estimate of drug-likeness (QED) is 0.510. The first-order valence-corrected chi connectivity index (χ1v) is 4.19. The van der Waals surface area contributed by atoms with Gasteiger partial charge in [-0.05, 0) is 18.6 Å². The average molecular weight is 188 g/mol. The number of nitrogens with zero attached hydrogens (tertiary/aromatic N) is 2. The topological polar surface area (TPSA) is 56.0 Å². The minimum absolute atomic E-state index is 0.110. The van der Waals surface area contributed by atoms with Crippen LogP contribution in [0.15, 0.2) is 30.5 Å². The lowest BCUT2D eigenvalue weighted by Crippen LogP contribution is -1.91. The number of fused-ring (bicyclic) bond motifs is 1. The van der Waals surface area contributed by atoms with Crippen LogP contribution in [0.3, 0.4) is 0 Å². The van der Waals surface area contributed by atoms with Crippen LogP contribution in [0.2, 0.25) is 0 Å². The molecule has 0 saturated heterocycles. The summed E-state index contributed by atoms with van der Waals surface area (Å²) in [5, 5.41) is 11.3. The highest BCUT2D eigenvalue weighted by atomic mass is 16.6.